The van der Waals surface area contributed by atoms with Crippen molar-refractivity contribution in [2.75, 3.05) is 24.7 Å². The Morgan fingerprint density at radius 2 is 1.72 bits per heavy atom. The van der Waals surface area contributed by atoms with Crippen LogP contribution in [-0.4, -0.2) is 45.6 Å². The van der Waals surface area contributed by atoms with E-state index in [-0.39, 0.29) is 17.1 Å². The van der Waals surface area contributed by atoms with Crippen LogP contribution in [0.4, 0.5) is 5.69 Å². The van der Waals surface area contributed by atoms with Gasteiger partial charge in [0, 0.05) is 17.5 Å². The van der Waals surface area contributed by atoms with Crippen molar-refractivity contribution in [1.82, 2.24) is 5.32 Å². The van der Waals surface area contributed by atoms with E-state index in [0.29, 0.717) is 5.56 Å². The van der Waals surface area contributed by atoms with Gasteiger partial charge in [-0.15, -0.1) is 0 Å². The Balaban J connectivity index is 1.81. The molecule has 2 rings (SSSR count). The lowest BCUT2D eigenvalue weighted by atomic mass is 10.1. The number of sulfone groups is 1. The Morgan fingerprint density at radius 3 is 2.38 bits per heavy atom. The highest BCUT2D eigenvalue weighted by molar-refractivity contribution is 7.90. The first-order valence-corrected chi connectivity index (χ1v) is 10.6. The fourth-order valence-corrected chi connectivity index (χ4v) is 3.00. The summed E-state index contributed by atoms with van der Waals surface area (Å²) in [5, 5.41) is 4.88. The number of hydrogen-bond acceptors (Lipinski definition) is 6. The Kier molecular flexibility index (Phi) is 7.11. The molecule has 0 spiro atoms. The average molecular weight is 418 g/mol. The molecule has 2 aromatic rings. The molecule has 0 fully saturated rings. The number of carbonyl (C=O) groups is 3. The number of esters is 1. The number of ether oxygens (including phenoxy) is 1. The van der Waals surface area contributed by atoms with E-state index >= 15 is 0 Å². The fourth-order valence-electron chi connectivity index (χ4n) is 2.34. The van der Waals surface area contributed by atoms with Crippen LogP contribution in [0.1, 0.15) is 21.5 Å². The van der Waals surface area contributed by atoms with Gasteiger partial charge in [0.25, 0.3) is 11.8 Å². The van der Waals surface area contributed by atoms with Crippen LogP contribution in [0.2, 0.25) is 0 Å². The van der Waals surface area contributed by atoms with Crippen molar-refractivity contribution in [2.45, 2.75) is 18.7 Å². The van der Waals surface area contributed by atoms with E-state index < -0.39 is 34.2 Å². The van der Waals surface area contributed by atoms with E-state index in [4.69, 9.17) is 4.74 Å². The van der Waals surface area contributed by atoms with Crippen LogP contribution in [0.5, 0.6) is 0 Å². The van der Waals surface area contributed by atoms with Crippen molar-refractivity contribution in [1.29, 1.82) is 0 Å². The van der Waals surface area contributed by atoms with Crippen LogP contribution < -0.4 is 10.6 Å². The van der Waals surface area contributed by atoms with Crippen LogP contribution in [0.3, 0.4) is 0 Å². The zero-order chi connectivity index (χ0) is 21.6. The predicted molar refractivity (Wildman–Crippen MR) is 107 cm³/mol. The summed E-state index contributed by atoms with van der Waals surface area (Å²) >= 11 is 0. The minimum absolute atomic E-state index is 0.0568. The predicted octanol–water partition coefficient (Wildman–Crippen LogP) is 1.62. The third kappa shape index (κ3) is 6.72. The number of rotatable bonds is 7. The molecule has 29 heavy (non-hydrogen) atoms. The molecule has 0 aromatic heterocycles. The van der Waals surface area contributed by atoms with E-state index in [0.717, 1.165) is 17.4 Å². The van der Waals surface area contributed by atoms with Crippen molar-refractivity contribution < 1.29 is 27.5 Å². The smallest absolute Gasteiger partial charge is 0.325 e. The van der Waals surface area contributed by atoms with Gasteiger partial charge in [0.1, 0.15) is 6.54 Å². The molecule has 9 heteroatoms. The summed E-state index contributed by atoms with van der Waals surface area (Å²) in [7, 11) is -3.41. The lowest BCUT2D eigenvalue weighted by Gasteiger charge is -2.09. The van der Waals surface area contributed by atoms with Gasteiger partial charge in [-0.3, -0.25) is 14.4 Å². The summed E-state index contributed by atoms with van der Waals surface area (Å²) in [6.07, 6.45) is 1.06. The normalized spacial score (nSPS) is 10.9. The number of hydrogen-bond donors (Lipinski definition) is 2. The van der Waals surface area contributed by atoms with Gasteiger partial charge in [-0.05, 0) is 55.3 Å². The lowest BCUT2D eigenvalue weighted by molar-refractivity contribution is -0.146. The fraction of sp³-hybridized carbons (Fsp3) is 0.250. The lowest BCUT2D eigenvalue weighted by Crippen LogP contribution is -2.32. The number of aryl methyl sites for hydroxylation is 2. The molecule has 2 aromatic carbocycles. The van der Waals surface area contributed by atoms with Crippen molar-refractivity contribution in [3.8, 4) is 0 Å². The van der Waals surface area contributed by atoms with Crippen molar-refractivity contribution >= 4 is 33.3 Å². The maximum atomic E-state index is 12.1. The van der Waals surface area contributed by atoms with E-state index in [1.807, 2.05) is 19.9 Å². The molecule has 0 atom stereocenters. The summed E-state index contributed by atoms with van der Waals surface area (Å²) in [5.74, 6) is -1.83. The highest BCUT2D eigenvalue weighted by Crippen LogP contribution is 2.15. The quantitative estimate of drug-likeness (QED) is 0.660. The van der Waals surface area contributed by atoms with Crippen LogP contribution in [0.15, 0.2) is 47.4 Å². The second-order valence-electron chi connectivity index (χ2n) is 6.49. The van der Waals surface area contributed by atoms with Gasteiger partial charge in [0.05, 0.1) is 4.90 Å². The number of amides is 2. The van der Waals surface area contributed by atoms with E-state index in [9.17, 15) is 22.8 Å². The van der Waals surface area contributed by atoms with Crippen molar-refractivity contribution in [3.05, 3.63) is 59.2 Å². The second kappa shape index (κ2) is 9.33. The van der Waals surface area contributed by atoms with Gasteiger partial charge < -0.3 is 15.4 Å². The Morgan fingerprint density at radius 1 is 1.00 bits per heavy atom. The van der Waals surface area contributed by atoms with E-state index in [1.165, 1.54) is 24.3 Å². The van der Waals surface area contributed by atoms with Crippen LogP contribution in [-0.2, 0) is 24.2 Å². The van der Waals surface area contributed by atoms with Gasteiger partial charge in [0.2, 0.25) is 0 Å². The first kappa shape index (κ1) is 22.1. The summed E-state index contributed by atoms with van der Waals surface area (Å²) in [4.78, 5) is 35.7. The minimum atomic E-state index is -3.41. The molecule has 2 N–H and O–H groups in total. The number of carbonyl (C=O) groups excluding carboxylic acids is 3. The minimum Gasteiger partial charge on any atom is -0.454 e. The SMILES string of the molecule is Cc1ccc(C(=O)NCC(=O)OCC(=O)Nc2cccc(S(C)(=O)=O)c2)cc1C. The molecule has 0 saturated carbocycles. The number of anilines is 1. The molecular weight excluding hydrogens is 396 g/mol. The summed E-state index contributed by atoms with van der Waals surface area (Å²) in [5.41, 5.74) is 2.69. The van der Waals surface area contributed by atoms with Crippen LogP contribution >= 0.6 is 0 Å². The summed E-state index contributed by atoms with van der Waals surface area (Å²) in [6, 6.07) is 10.9. The van der Waals surface area contributed by atoms with E-state index in [1.54, 1.807) is 12.1 Å². The molecule has 0 aliphatic heterocycles. The molecule has 154 valence electrons. The highest BCUT2D eigenvalue weighted by Gasteiger charge is 2.13. The van der Waals surface area contributed by atoms with Crippen molar-refractivity contribution in [3.63, 3.8) is 0 Å². The van der Waals surface area contributed by atoms with Gasteiger partial charge in [-0.25, -0.2) is 8.42 Å². The first-order valence-electron chi connectivity index (χ1n) is 8.67. The Labute approximate surface area is 169 Å². The molecule has 0 bridgehead atoms. The zero-order valence-electron chi connectivity index (χ0n) is 16.3. The number of benzene rings is 2. The third-order valence-corrected chi connectivity index (χ3v) is 5.18. The van der Waals surface area contributed by atoms with Gasteiger partial charge >= 0.3 is 5.97 Å². The van der Waals surface area contributed by atoms with Crippen LogP contribution in [0, 0.1) is 13.8 Å². The molecule has 0 saturated heterocycles. The van der Waals surface area contributed by atoms with Gasteiger partial charge in [0.15, 0.2) is 16.4 Å². The summed E-state index contributed by atoms with van der Waals surface area (Å²) < 4.78 is 27.9. The standard InChI is InChI=1S/C20H22N2O6S/c1-13-7-8-15(9-14(13)2)20(25)21-11-19(24)28-12-18(23)22-16-5-4-6-17(10-16)29(3,26)27/h4-10H,11-12H2,1-3H3,(H,21,25)(H,22,23). The molecule has 0 heterocycles. The molecule has 8 nitrogen and oxygen atoms in total. The second-order valence-corrected chi connectivity index (χ2v) is 8.51. The highest BCUT2D eigenvalue weighted by atomic mass is 32.2. The molecule has 0 radical (unpaired) electrons. The van der Waals surface area contributed by atoms with E-state index in [2.05, 4.69) is 10.6 Å². The molecule has 0 aliphatic rings. The third-order valence-electron chi connectivity index (χ3n) is 4.07. The summed E-state index contributed by atoms with van der Waals surface area (Å²) in [6.45, 7) is 2.85. The average Bonchev–Trinajstić information content (AvgIpc) is 2.66. The molecule has 2 amide bonds. The first-order chi connectivity index (χ1) is 13.6. The molecular formula is C20H22N2O6S. The molecule has 0 aliphatic carbocycles. The Hall–Kier alpha value is -3.20. The number of nitrogens with one attached hydrogen (secondary N) is 2. The molecule has 0 unspecified atom stereocenters. The maximum absolute atomic E-state index is 12.1. The topological polar surface area (TPSA) is 119 Å². The van der Waals surface area contributed by atoms with Gasteiger partial charge in [-0.2, -0.15) is 0 Å². The zero-order valence-corrected chi connectivity index (χ0v) is 17.1. The largest absolute Gasteiger partial charge is 0.454 e. The Bertz CT molecular complexity index is 1050. The monoisotopic (exact) mass is 418 g/mol. The van der Waals surface area contributed by atoms with Crippen LogP contribution in [0.25, 0.3) is 0 Å². The van der Waals surface area contributed by atoms with Gasteiger partial charge in [-0.1, -0.05) is 12.1 Å². The van der Waals surface area contributed by atoms with Crippen molar-refractivity contribution in [2.24, 2.45) is 0 Å². The maximum Gasteiger partial charge on any atom is 0.325 e.